The number of amides is 1. The molecule has 3 rings (SSSR count). The molecule has 2 aromatic heterocycles. The van der Waals surface area contributed by atoms with Crippen LogP contribution in [0.1, 0.15) is 51.3 Å². The number of thiophene rings is 1. The number of benzene rings is 1. The van der Waals surface area contributed by atoms with Crippen LogP contribution >= 0.6 is 11.3 Å². The average molecular weight is 355 g/mol. The van der Waals surface area contributed by atoms with Crippen molar-refractivity contribution in [3.63, 3.8) is 0 Å². The molecule has 0 atom stereocenters. The molecule has 0 bridgehead atoms. The van der Waals surface area contributed by atoms with Crippen molar-refractivity contribution in [2.24, 2.45) is 0 Å². The fourth-order valence-corrected chi connectivity index (χ4v) is 3.41. The molecule has 0 aliphatic rings. The number of hydrogen-bond donors (Lipinski definition) is 2. The zero-order valence-electron chi connectivity index (χ0n) is 14.0. The fraction of sp³-hybridized carbons (Fsp3) is 0.222. The van der Waals surface area contributed by atoms with E-state index in [2.05, 4.69) is 15.3 Å². The van der Waals surface area contributed by atoms with Crippen molar-refractivity contribution < 1.29 is 14.7 Å². The van der Waals surface area contributed by atoms with Gasteiger partial charge in [0.2, 0.25) is 0 Å². The highest BCUT2D eigenvalue weighted by Gasteiger charge is 2.17. The number of carboxylic acids is 1. The van der Waals surface area contributed by atoms with Gasteiger partial charge in [-0.15, -0.1) is 11.3 Å². The number of anilines is 1. The highest BCUT2D eigenvalue weighted by atomic mass is 32.1. The molecule has 0 spiro atoms. The fourth-order valence-electron chi connectivity index (χ4n) is 2.53. The molecule has 25 heavy (non-hydrogen) atoms. The largest absolute Gasteiger partial charge is 0.477 e. The summed E-state index contributed by atoms with van der Waals surface area (Å²) in [6.45, 7) is 5.74. The van der Waals surface area contributed by atoms with Crippen molar-refractivity contribution in [2.75, 3.05) is 5.32 Å². The number of nitrogens with one attached hydrogen (secondary N) is 1. The summed E-state index contributed by atoms with van der Waals surface area (Å²) in [7, 11) is 0. The third kappa shape index (κ3) is 3.51. The molecule has 0 fully saturated rings. The maximum atomic E-state index is 12.6. The van der Waals surface area contributed by atoms with Gasteiger partial charge in [0.25, 0.3) is 5.91 Å². The summed E-state index contributed by atoms with van der Waals surface area (Å²) in [6.07, 6.45) is 1.54. The number of carboxylic acid groups (broad SMARTS) is 1. The summed E-state index contributed by atoms with van der Waals surface area (Å²) >= 11 is 1.21. The van der Waals surface area contributed by atoms with Crippen molar-refractivity contribution in [1.29, 1.82) is 0 Å². The summed E-state index contributed by atoms with van der Waals surface area (Å²) in [5, 5.41) is 12.7. The van der Waals surface area contributed by atoms with Crippen LogP contribution in [0, 0.1) is 6.92 Å². The van der Waals surface area contributed by atoms with E-state index in [-0.39, 0.29) is 16.7 Å². The summed E-state index contributed by atoms with van der Waals surface area (Å²) in [5.41, 5.74) is 1.74. The number of aryl methyl sites for hydroxylation is 1. The molecule has 0 aliphatic carbocycles. The molecule has 2 N–H and O–H groups in total. The molecular weight excluding hydrogens is 338 g/mol. The second-order valence-corrected chi connectivity index (χ2v) is 7.08. The molecule has 2 heterocycles. The first-order valence-electron chi connectivity index (χ1n) is 7.77. The molecule has 0 saturated carbocycles. The Hall–Kier alpha value is -2.80. The van der Waals surface area contributed by atoms with Gasteiger partial charge in [0.15, 0.2) is 0 Å². The van der Waals surface area contributed by atoms with E-state index in [1.54, 1.807) is 37.4 Å². The van der Waals surface area contributed by atoms with E-state index < -0.39 is 5.97 Å². The Labute approximate surface area is 148 Å². The van der Waals surface area contributed by atoms with Gasteiger partial charge < -0.3 is 10.4 Å². The highest BCUT2D eigenvalue weighted by Crippen LogP contribution is 2.28. The minimum absolute atomic E-state index is 0.0972. The quantitative estimate of drug-likeness (QED) is 0.736. The first-order valence-corrected chi connectivity index (χ1v) is 8.58. The van der Waals surface area contributed by atoms with E-state index >= 15 is 0 Å². The lowest BCUT2D eigenvalue weighted by Gasteiger charge is -2.12. The first-order chi connectivity index (χ1) is 11.8. The normalized spacial score (nSPS) is 11.0. The number of rotatable bonds is 4. The van der Waals surface area contributed by atoms with Crippen LogP contribution in [0.5, 0.6) is 0 Å². The number of aromatic carboxylic acids is 1. The Morgan fingerprint density at radius 2 is 2.00 bits per heavy atom. The van der Waals surface area contributed by atoms with Crippen LogP contribution in [0.15, 0.2) is 30.5 Å². The van der Waals surface area contributed by atoms with E-state index in [0.717, 1.165) is 10.1 Å². The average Bonchev–Trinajstić information content (AvgIpc) is 2.98. The van der Waals surface area contributed by atoms with Gasteiger partial charge in [0, 0.05) is 16.6 Å². The molecule has 1 amide bonds. The minimum Gasteiger partial charge on any atom is -0.477 e. The molecule has 0 unspecified atom stereocenters. The smallest absolute Gasteiger partial charge is 0.345 e. The summed E-state index contributed by atoms with van der Waals surface area (Å²) in [5.74, 6) is -0.511. The van der Waals surface area contributed by atoms with Crippen LogP contribution in [-0.2, 0) is 0 Å². The van der Waals surface area contributed by atoms with Crippen molar-refractivity contribution >= 4 is 39.0 Å². The van der Waals surface area contributed by atoms with Gasteiger partial charge in [-0.2, -0.15) is 0 Å². The van der Waals surface area contributed by atoms with Crippen LogP contribution in [0.2, 0.25) is 0 Å². The molecule has 0 radical (unpaired) electrons. The molecule has 1 aromatic carbocycles. The first kappa shape index (κ1) is 17.0. The highest BCUT2D eigenvalue weighted by molar-refractivity contribution is 7.20. The monoisotopic (exact) mass is 355 g/mol. The van der Waals surface area contributed by atoms with Gasteiger partial charge in [-0.3, -0.25) is 4.79 Å². The van der Waals surface area contributed by atoms with E-state index in [1.807, 2.05) is 13.8 Å². The molecule has 7 heteroatoms. The summed E-state index contributed by atoms with van der Waals surface area (Å²) in [4.78, 5) is 32.5. The van der Waals surface area contributed by atoms with E-state index in [4.69, 9.17) is 5.11 Å². The SMILES string of the molecule is Cc1ncc(C(=O)Nc2ccc3sc(C(=O)O)cc3c2)c(C(C)C)n1. The Morgan fingerprint density at radius 3 is 2.68 bits per heavy atom. The second-order valence-electron chi connectivity index (χ2n) is 5.99. The van der Waals surface area contributed by atoms with Crippen molar-refractivity contribution in [1.82, 2.24) is 9.97 Å². The molecule has 6 nitrogen and oxygen atoms in total. The summed E-state index contributed by atoms with van der Waals surface area (Å²) < 4.78 is 0.858. The zero-order chi connectivity index (χ0) is 18.1. The number of aromatic nitrogens is 2. The molecule has 0 saturated heterocycles. The van der Waals surface area contributed by atoms with Crippen LogP contribution in [0.4, 0.5) is 5.69 Å². The van der Waals surface area contributed by atoms with Gasteiger partial charge >= 0.3 is 5.97 Å². The maximum Gasteiger partial charge on any atom is 0.345 e. The topological polar surface area (TPSA) is 92.2 Å². The van der Waals surface area contributed by atoms with E-state index in [1.165, 1.54) is 11.3 Å². The number of hydrogen-bond acceptors (Lipinski definition) is 5. The molecular formula is C18H17N3O3S. The van der Waals surface area contributed by atoms with Crippen molar-refractivity contribution in [2.45, 2.75) is 26.7 Å². The van der Waals surface area contributed by atoms with Crippen LogP contribution in [0.3, 0.4) is 0 Å². The Balaban J connectivity index is 1.90. The Kier molecular flexibility index (Phi) is 4.50. The summed E-state index contributed by atoms with van der Waals surface area (Å²) in [6, 6.07) is 6.93. The van der Waals surface area contributed by atoms with Crippen LogP contribution in [0.25, 0.3) is 10.1 Å². The minimum atomic E-state index is -0.954. The standard InChI is InChI=1S/C18H17N3O3S/c1-9(2)16-13(8-19-10(3)20-16)17(22)21-12-4-5-14-11(6-12)7-15(25-14)18(23)24/h4-9H,1-3H3,(H,21,22)(H,23,24). The van der Waals surface area contributed by atoms with Gasteiger partial charge in [0.05, 0.1) is 11.3 Å². The van der Waals surface area contributed by atoms with Crippen LogP contribution < -0.4 is 5.32 Å². The lowest BCUT2D eigenvalue weighted by molar-refractivity contribution is 0.0702. The van der Waals surface area contributed by atoms with Gasteiger partial charge in [0.1, 0.15) is 10.7 Å². The van der Waals surface area contributed by atoms with E-state index in [0.29, 0.717) is 22.8 Å². The predicted octanol–water partition coefficient (Wildman–Crippen LogP) is 4.07. The lowest BCUT2D eigenvalue weighted by Crippen LogP contribution is -2.17. The second kappa shape index (κ2) is 6.60. The number of fused-ring (bicyclic) bond motifs is 1. The Morgan fingerprint density at radius 1 is 1.24 bits per heavy atom. The van der Waals surface area contributed by atoms with Crippen molar-refractivity contribution in [3.05, 3.63) is 52.4 Å². The van der Waals surface area contributed by atoms with Gasteiger partial charge in [-0.1, -0.05) is 13.8 Å². The predicted molar refractivity (Wildman–Crippen MR) is 97.6 cm³/mol. The maximum absolute atomic E-state index is 12.6. The molecule has 0 aliphatic heterocycles. The van der Waals surface area contributed by atoms with Gasteiger partial charge in [-0.05, 0) is 42.5 Å². The van der Waals surface area contributed by atoms with E-state index in [9.17, 15) is 9.59 Å². The number of carbonyl (C=O) groups is 2. The Bertz CT molecular complexity index is 979. The number of nitrogens with zero attached hydrogens (tertiary/aromatic N) is 2. The van der Waals surface area contributed by atoms with Gasteiger partial charge in [-0.25, -0.2) is 14.8 Å². The van der Waals surface area contributed by atoms with Crippen molar-refractivity contribution in [3.8, 4) is 0 Å². The number of carbonyl (C=O) groups excluding carboxylic acids is 1. The third-order valence-electron chi connectivity index (χ3n) is 3.72. The zero-order valence-corrected chi connectivity index (χ0v) is 14.8. The third-order valence-corrected chi connectivity index (χ3v) is 4.82. The molecule has 3 aromatic rings. The van der Waals surface area contributed by atoms with Crippen LogP contribution in [-0.4, -0.2) is 27.0 Å². The molecule has 128 valence electrons. The lowest BCUT2D eigenvalue weighted by atomic mass is 10.0.